The summed E-state index contributed by atoms with van der Waals surface area (Å²) in [4.78, 5) is 16.7. The molecule has 36 heavy (non-hydrogen) atoms. The SMILES string of the molecule is CC(C)COC(=O)c1ccc(OCC(O)CSc2nc(-c3ccccc3)c(-c3ccccc3)o2)cc1. The van der Waals surface area contributed by atoms with Crippen LogP contribution >= 0.6 is 11.8 Å². The van der Waals surface area contributed by atoms with Crippen molar-refractivity contribution in [1.82, 2.24) is 4.98 Å². The van der Waals surface area contributed by atoms with Crippen LogP contribution in [0.4, 0.5) is 0 Å². The summed E-state index contributed by atoms with van der Waals surface area (Å²) in [6.45, 7) is 4.45. The number of aliphatic hydroxyl groups is 1. The number of thioether (sulfide) groups is 1. The van der Waals surface area contributed by atoms with Gasteiger partial charge in [-0.2, -0.15) is 0 Å². The predicted octanol–water partition coefficient (Wildman–Crippen LogP) is 6.35. The maximum absolute atomic E-state index is 12.0. The first kappa shape index (κ1) is 25.5. The van der Waals surface area contributed by atoms with Crippen LogP contribution in [0.1, 0.15) is 24.2 Å². The van der Waals surface area contributed by atoms with Crippen LogP contribution in [0.15, 0.2) is 94.6 Å². The maximum atomic E-state index is 12.0. The molecule has 4 aromatic rings. The van der Waals surface area contributed by atoms with E-state index in [0.29, 0.717) is 34.7 Å². The average molecular weight is 504 g/mol. The van der Waals surface area contributed by atoms with Crippen molar-refractivity contribution in [1.29, 1.82) is 0 Å². The van der Waals surface area contributed by atoms with Crippen LogP contribution in [0.5, 0.6) is 5.75 Å². The lowest BCUT2D eigenvalue weighted by Crippen LogP contribution is -2.20. The van der Waals surface area contributed by atoms with Crippen LogP contribution in [0, 0.1) is 5.92 Å². The number of carbonyl (C=O) groups is 1. The molecule has 0 spiro atoms. The molecule has 6 nitrogen and oxygen atoms in total. The molecule has 0 radical (unpaired) electrons. The number of aliphatic hydroxyl groups excluding tert-OH is 1. The first-order chi connectivity index (χ1) is 17.5. The minimum absolute atomic E-state index is 0.0991. The van der Waals surface area contributed by atoms with E-state index in [1.54, 1.807) is 24.3 Å². The molecule has 0 amide bonds. The molecule has 0 saturated heterocycles. The van der Waals surface area contributed by atoms with Crippen molar-refractivity contribution in [3.05, 3.63) is 90.5 Å². The fourth-order valence-electron chi connectivity index (χ4n) is 3.36. The third kappa shape index (κ3) is 6.99. The van der Waals surface area contributed by atoms with E-state index in [-0.39, 0.29) is 18.5 Å². The van der Waals surface area contributed by atoms with Gasteiger partial charge in [-0.25, -0.2) is 9.78 Å². The smallest absolute Gasteiger partial charge is 0.338 e. The Morgan fingerprint density at radius 2 is 1.56 bits per heavy atom. The molecule has 1 atom stereocenters. The summed E-state index contributed by atoms with van der Waals surface area (Å²) in [6.07, 6.45) is -0.738. The predicted molar refractivity (Wildman–Crippen MR) is 141 cm³/mol. The molecule has 0 saturated carbocycles. The van der Waals surface area contributed by atoms with Crippen molar-refractivity contribution < 1.29 is 23.8 Å². The van der Waals surface area contributed by atoms with E-state index in [0.717, 1.165) is 16.8 Å². The molecule has 3 aromatic carbocycles. The van der Waals surface area contributed by atoms with Crippen molar-refractivity contribution in [2.24, 2.45) is 5.92 Å². The number of benzene rings is 3. The lowest BCUT2D eigenvalue weighted by molar-refractivity contribution is 0.0459. The fraction of sp³-hybridized carbons (Fsp3) is 0.241. The minimum Gasteiger partial charge on any atom is -0.491 e. The Balaban J connectivity index is 1.34. The van der Waals surface area contributed by atoms with Crippen molar-refractivity contribution in [3.63, 3.8) is 0 Å². The van der Waals surface area contributed by atoms with Gasteiger partial charge in [0, 0.05) is 16.9 Å². The van der Waals surface area contributed by atoms with E-state index < -0.39 is 6.10 Å². The number of esters is 1. The Morgan fingerprint density at radius 3 is 2.19 bits per heavy atom. The number of ether oxygens (including phenoxy) is 2. The lowest BCUT2D eigenvalue weighted by Gasteiger charge is -2.12. The quantitative estimate of drug-likeness (QED) is 0.189. The van der Waals surface area contributed by atoms with Gasteiger partial charge in [0.2, 0.25) is 0 Å². The van der Waals surface area contributed by atoms with Crippen molar-refractivity contribution in [2.45, 2.75) is 25.2 Å². The Labute approximate surface area is 215 Å². The van der Waals surface area contributed by atoms with Crippen molar-refractivity contribution >= 4 is 17.7 Å². The molecular weight excluding hydrogens is 474 g/mol. The first-order valence-electron chi connectivity index (χ1n) is 11.8. The number of carbonyl (C=O) groups excluding carboxylic acids is 1. The van der Waals surface area contributed by atoms with E-state index in [1.165, 1.54) is 11.8 Å². The summed E-state index contributed by atoms with van der Waals surface area (Å²) in [5.74, 6) is 1.53. The fourth-order valence-corrected chi connectivity index (χ4v) is 4.09. The van der Waals surface area contributed by atoms with Gasteiger partial charge in [0.25, 0.3) is 5.22 Å². The van der Waals surface area contributed by atoms with Crippen LogP contribution in [0.25, 0.3) is 22.6 Å². The highest BCUT2D eigenvalue weighted by molar-refractivity contribution is 7.99. The molecule has 0 aliphatic rings. The number of nitrogens with zero attached hydrogens (tertiary/aromatic N) is 1. The van der Waals surface area contributed by atoms with E-state index in [9.17, 15) is 9.90 Å². The molecule has 0 aliphatic heterocycles. The molecule has 4 rings (SSSR count). The van der Waals surface area contributed by atoms with Gasteiger partial charge in [-0.3, -0.25) is 0 Å². The topological polar surface area (TPSA) is 81.8 Å². The van der Waals surface area contributed by atoms with Crippen LogP contribution in [-0.4, -0.2) is 41.1 Å². The molecule has 0 aliphatic carbocycles. The minimum atomic E-state index is -0.738. The van der Waals surface area contributed by atoms with E-state index in [4.69, 9.17) is 18.9 Å². The molecule has 1 heterocycles. The second kappa shape index (κ2) is 12.4. The third-order valence-electron chi connectivity index (χ3n) is 5.17. The summed E-state index contributed by atoms with van der Waals surface area (Å²) in [5, 5.41) is 10.9. The number of aromatic nitrogens is 1. The van der Waals surface area contributed by atoms with Gasteiger partial charge in [-0.15, -0.1) is 0 Å². The zero-order valence-electron chi connectivity index (χ0n) is 20.3. The molecule has 0 bridgehead atoms. The maximum Gasteiger partial charge on any atom is 0.338 e. The van der Waals surface area contributed by atoms with Crippen LogP contribution < -0.4 is 4.74 Å². The van der Waals surface area contributed by atoms with Gasteiger partial charge >= 0.3 is 5.97 Å². The highest BCUT2D eigenvalue weighted by Crippen LogP contribution is 2.35. The first-order valence-corrected chi connectivity index (χ1v) is 12.8. The summed E-state index contributed by atoms with van der Waals surface area (Å²) in [7, 11) is 0. The molecule has 7 heteroatoms. The zero-order valence-corrected chi connectivity index (χ0v) is 21.1. The van der Waals surface area contributed by atoms with Crippen molar-refractivity contribution in [2.75, 3.05) is 19.0 Å². The second-order valence-corrected chi connectivity index (χ2v) is 9.65. The summed E-state index contributed by atoms with van der Waals surface area (Å²) < 4.78 is 17.0. The van der Waals surface area contributed by atoms with Crippen LogP contribution in [0.2, 0.25) is 0 Å². The molecule has 186 valence electrons. The molecular formula is C29H29NO5S. The van der Waals surface area contributed by atoms with Gasteiger partial charge in [-0.05, 0) is 30.2 Å². The molecule has 1 N–H and O–H groups in total. The summed E-state index contributed by atoms with van der Waals surface area (Å²) in [5.41, 5.74) is 3.14. The van der Waals surface area contributed by atoms with Gasteiger partial charge in [-0.1, -0.05) is 86.3 Å². The van der Waals surface area contributed by atoms with Gasteiger partial charge in [0.1, 0.15) is 18.1 Å². The summed E-state index contributed by atoms with van der Waals surface area (Å²) >= 11 is 1.33. The molecule has 0 fully saturated rings. The highest BCUT2D eigenvalue weighted by Gasteiger charge is 2.18. The number of hydrogen-bond acceptors (Lipinski definition) is 7. The largest absolute Gasteiger partial charge is 0.491 e. The monoisotopic (exact) mass is 503 g/mol. The van der Waals surface area contributed by atoms with Gasteiger partial charge in [0.05, 0.1) is 18.3 Å². The zero-order chi connectivity index (χ0) is 25.3. The van der Waals surface area contributed by atoms with Crippen LogP contribution in [0.3, 0.4) is 0 Å². The number of hydrogen-bond donors (Lipinski definition) is 1. The summed E-state index contributed by atoms with van der Waals surface area (Å²) in [6, 6.07) is 26.4. The average Bonchev–Trinajstić information content (AvgIpc) is 3.35. The van der Waals surface area contributed by atoms with Crippen molar-refractivity contribution in [3.8, 4) is 28.3 Å². The normalized spacial score (nSPS) is 11.9. The van der Waals surface area contributed by atoms with E-state index in [1.807, 2.05) is 74.5 Å². The number of rotatable bonds is 11. The molecule has 1 unspecified atom stereocenters. The van der Waals surface area contributed by atoms with Gasteiger partial charge in [0.15, 0.2) is 5.76 Å². The lowest BCUT2D eigenvalue weighted by atomic mass is 10.1. The van der Waals surface area contributed by atoms with E-state index in [2.05, 4.69) is 0 Å². The standard InChI is InChI=1S/C29H29NO5S/c1-20(2)17-34-28(32)23-13-15-25(16-14-23)33-18-24(31)19-36-29-30-26(21-9-5-3-6-10-21)27(35-29)22-11-7-4-8-12-22/h3-16,20,24,31H,17-19H2,1-2H3. The molecule has 1 aromatic heterocycles. The Morgan fingerprint density at radius 1 is 0.917 bits per heavy atom. The Bertz CT molecular complexity index is 1180. The second-order valence-electron chi connectivity index (χ2n) is 8.68. The Kier molecular flexibility index (Phi) is 8.81. The highest BCUT2D eigenvalue weighted by atomic mass is 32.2. The Hall–Kier alpha value is -3.55. The third-order valence-corrected chi connectivity index (χ3v) is 6.14. The van der Waals surface area contributed by atoms with E-state index >= 15 is 0 Å². The van der Waals surface area contributed by atoms with Crippen LogP contribution in [-0.2, 0) is 4.74 Å². The van der Waals surface area contributed by atoms with Gasteiger partial charge < -0.3 is 19.0 Å². The number of oxazole rings is 1.